The zero-order chi connectivity index (χ0) is 17.5. The maximum Gasteiger partial charge on any atom is 0.183 e. The molecule has 4 nitrogen and oxygen atoms in total. The lowest BCUT2D eigenvalue weighted by molar-refractivity contribution is -0.110. The molecule has 1 saturated carbocycles. The van der Waals surface area contributed by atoms with Crippen molar-refractivity contribution in [3.8, 4) is 6.07 Å². The number of hydrogen-bond acceptors (Lipinski definition) is 4. The van der Waals surface area contributed by atoms with E-state index in [1.807, 2.05) is 13.0 Å². The van der Waals surface area contributed by atoms with Gasteiger partial charge in [0.25, 0.3) is 0 Å². The fraction of sp³-hybridized carbons (Fsp3) is 0.222. The number of rotatable bonds is 4. The number of sulfone groups is 1. The number of halogens is 1. The van der Waals surface area contributed by atoms with E-state index in [1.54, 1.807) is 12.1 Å². The molecule has 0 aliphatic heterocycles. The Hall–Kier alpha value is -2.52. The number of aldehydes is 1. The quantitative estimate of drug-likeness (QED) is 0.800. The van der Waals surface area contributed by atoms with Crippen molar-refractivity contribution < 1.29 is 17.6 Å². The van der Waals surface area contributed by atoms with Crippen molar-refractivity contribution in [2.75, 3.05) is 0 Å². The van der Waals surface area contributed by atoms with Crippen molar-refractivity contribution in [2.24, 2.45) is 5.41 Å². The Morgan fingerprint density at radius 3 is 2.21 bits per heavy atom. The van der Waals surface area contributed by atoms with Crippen LogP contribution in [0.15, 0.2) is 53.4 Å². The molecule has 122 valence electrons. The van der Waals surface area contributed by atoms with Gasteiger partial charge in [-0.15, -0.1) is 0 Å². The highest BCUT2D eigenvalue weighted by Gasteiger charge is 2.72. The summed E-state index contributed by atoms with van der Waals surface area (Å²) in [4.78, 5) is 11.6. The predicted octanol–water partition coefficient (Wildman–Crippen LogP) is 2.78. The molecule has 1 fully saturated rings. The van der Waals surface area contributed by atoms with Gasteiger partial charge in [-0.05, 0) is 36.8 Å². The number of carbonyl (C=O) groups excluding carboxylic acids is 1. The second-order valence-corrected chi connectivity index (χ2v) is 8.04. The number of hydrogen-bond donors (Lipinski definition) is 0. The van der Waals surface area contributed by atoms with Crippen LogP contribution in [0.25, 0.3) is 0 Å². The molecule has 1 aliphatic rings. The van der Waals surface area contributed by atoms with Crippen molar-refractivity contribution in [3.05, 3.63) is 65.5 Å². The Morgan fingerprint density at radius 2 is 1.71 bits per heavy atom. The van der Waals surface area contributed by atoms with Gasteiger partial charge in [-0.3, -0.25) is 0 Å². The Kier molecular flexibility index (Phi) is 3.77. The number of benzene rings is 2. The van der Waals surface area contributed by atoms with Gasteiger partial charge < -0.3 is 4.79 Å². The Morgan fingerprint density at radius 1 is 1.12 bits per heavy atom. The molecule has 0 N–H and O–H groups in total. The van der Waals surface area contributed by atoms with Crippen LogP contribution in [-0.4, -0.2) is 20.0 Å². The van der Waals surface area contributed by atoms with Crippen molar-refractivity contribution >= 4 is 16.1 Å². The molecule has 0 heterocycles. The van der Waals surface area contributed by atoms with Gasteiger partial charge in [-0.25, -0.2) is 12.8 Å². The highest BCUT2D eigenvalue weighted by atomic mass is 32.2. The van der Waals surface area contributed by atoms with Gasteiger partial charge in [-0.2, -0.15) is 5.26 Å². The van der Waals surface area contributed by atoms with Crippen LogP contribution in [0.3, 0.4) is 0 Å². The minimum atomic E-state index is -3.87. The molecule has 6 heteroatoms. The van der Waals surface area contributed by atoms with E-state index < -0.39 is 32.2 Å². The highest BCUT2D eigenvalue weighted by Crippen LogP contribution is 2.62. The van der Waals surface area contributed by atoms with E-state index in [1.165, 1.54) is 36.4 Å². The molecule has 2 aromatic carbocycles. The van der Waals surface area contributed by atoms with Crippen LogP contribution < -0.4 is 0 Å². The number of nitriles is 1. The van der Waals surface area contributed by atoms with Crippen LogP contribution in [-0.2, 0) is 14.6 Å². The summed E-state index contributed by atoms with van der Waals surface area (Å²) in [6, 6.07) is 13.3. The third-order valence-corrected chi connectivity index (χ3v) is 6.74. The molecule has 0 radical (unpaired) electrons. The lowest BCUT2D eigenvalue weighted by Gasteiger charge is -2.05. The second kappa shape index (κ2) is 5.53. The molecule has 0 spiro atoms. The Labute approximate surface area is 139 Å². The molecular weight excluding hydrogens is 329 g/mol. The number of carbonyl (C=O) groups is 1. The van der Waals surface area contributed by atoms with E-state index in [-0.39, 0.29) is 4.90 Å². The van der Waals surface area contributed by atoms with Crippen LogP contribution in [0.5, 0.6) is 0 Å². The molecule has 0 aromatic heterocycles. The zero-order valence-corrected chi connectivity index (χ0v) is 13.6. The van der Waals surface area contributed by atoms with Gasteiger partial charge in [0, 0.05) is 5.92 Å². The van der Waals surface area contributed by atoms with E-state index >= 15 is 0 Å². The van der Waals surface area contributed by atoms with Crippen LogP contribution >= 0.6 is 0 Å². The van der Waals surface area contributed by atoms with Gasteiger partial charge >= 0.3 is 0 Å². The van der Waals surface area contributed by atoms with Crippen LogP contribution in [0.2, 0.25) is 0 Å². The van der Waals surface area contributed by atoms with E-state index in [2.05, 4.69) is 0 Å². The van der Waals surface area contributed by atoms with Crippen LogP contribution in [0.1, 0.15) is 17.0 Å². The first-order valence-corrected chi connectivity index (χ1v) is 8.85. The van der Waals surface area contributed by atoms with Crippen LogP contribution in [0, 0.1) is 29.5 Å². The van der Waals surface area contributed by atoms with E-state index in [0.29, 0.717) is 11.8 Å². The third-order valence-electron chi connectivity index (χ3n) is 4.48. The normalized spacial score (nSPS) is 25.7. The number of nitrogens with zero attached hydrogens (tertiary/aromatic N) is 1. The largest absolute Gasteiger partial charge is 0.302 e. The summed E-state index contributed by atoms with van der Waals surface area (Å²) in [5, 5.41) is 8.28. The fourth-order valence-electron chi connectivity index (χ4n) is 3.11. The van der Waals surface area contributed by atoms with Gasteiger partial charge in [0.05, 0.1) is 11.0 Å². The monoisotopic (exact) mass is 343 g/mol. The molecule has 3 atom stereocenters. The summed E-state index contributed by atoms with van der Waals surface area (Å²) in [5.41, 5.74) is -0.269. The summed E-state index contributed by atoms with van der Waals surface area (Å²) in [6.45, 7) is 1.83. The SMILES string of the molecule is Cc1ccc(S(=O)(=O)[C@H]2[C@@H](c3ccc(F)cc3)[C@@]2(C#N)C=O)cc1. The van der Waals surface area contributed by atoms with Crippen molar-refractivity contribution in [3.63, 3.8) is 0 Å². The smallest absolute Gasteiger partial charge is 0.183 e. The van der Waals surface area contributed by atoms with E-state index in [0.717, 1.165) is 5.56 Å². The van der Waals surface area contributed by atoms with Crippen molar-refractivity contribution in [1.82, 2.24) is 0 Å². The average molecular weight is 343 g/mol. The molecule has 1 aliphatic carbocycles. The molecule has 24 heavy (non-hydrogen) atoms. The first-order chi connectivity index (χ1) is 11.4. The molecule has 3 rings (SSSR count). The zero-order valence-electron chi connectivity index (χ0n) is 12.8. The van der Waals surface area contributed by atoms with Crippen molar-refractivity contribution in [1.29, 1.82) is 5.26 Å². The first-order valence-electron chi connectivity index (χ1n) is 7.30. The standard InChI is InChI=1S/C18H14FNO3S/c1-12-2-8-15(9-3-12)24(22,23)17-16(18(17,10-20)11-21)13-4-6-14(19)7-5-13/h2-9,11,16-17H,1H3/t16-,17+,18-/m1/s1. The number of aryl methyl sites for hydroxylation is 1. The van der Waals surface area contributed by atoms with Crippen molar-refractivity contribution in [2.45, 2.75) is 23.0 Å². The topological polar surface area (TPSA) is 75.0 Å². The fourth-order valence-corrected chi connectivity index (χ4v) is 5.34. The lowest BCUT2D eigenvalue weighted by atomic mass is 10.0. The molecule has 0 bridgehead atoms. The summed E-state index contributed by atoms with van der Waals surface area (Å²) >= 11 is 0. The Bertz CT molecular complexity index is 930. The predicted molar refractivity (Wildman–Crippen MR) is 85.4 cm³/mol. The van der Waals surface area contributed by atoms with Gasteiger partial charge in [0.15, 0.2) is 9.84 Å². The van der Waals surface area contributed by atoms with Gasteiger partial charge in [0.1, 0.15) is 22.8 Å². The van der Waals surface area contributed by atoms with Gasteiger partial charge in [-0.1, -0.05) is 29.8 Å². The summed E-state index contributed by atoms with van der Waals surface area (Å²) in [6.07, 6.45) is 0.400. The van der Waals surface area contributed by atoms with Gasteiger partial charge in [0.2, 0.25) is 0 Å². The first kappa shape index (κ1) is 16.3. The van der Waals surface area contributed by atoms with E-state index in [4.69, 9.17) is 0 Å². The Balaban J connectivity index is 2.08. The minimum absolute atomic E-state index is 0.0733. The van der Waals surface area contributed by atoms with E-state index in [9.17, 15) is 22.9 Å². The maximum absolute atomic E-state index is 13.1. The highest BCUT2D eigenvalue weighted by molar-refractivity contribution is 7.92. The molecule has 0 unspecified atom stereocenters. The lowest BCUT2D eigenvalue weighted by Crippen LogP contribution is -2.16. The second-order valence-electron chi connectivity index (χ2n) is 5.97. The van der Waals surface area contributed by atoms with Crippen LogP contribution in [0.4, 0.5) is 4.39 Å². The third kappa shape index (κ3) is 2.33. The summed E-state index contributed by atoms with van der Waals surface area (Å²) in [5.74, 6) is -1.27. The molecule has 0 amide bonds. The minimum Gasteiger partial charge on any atom is -0.302 e. The summed E-state index contributed by atoms with van der Waals surface area (Å²) < 4.78 is 38.9. The summed E-state index contributed by atoms with van der Waals surface area (Å²) in [7, 11) is -3.87. The maximum atomic E-state index is 13.1. The molecule has 2 aromatic rings. The average Bonchev–Trinajstić information content (AvgIpc) is 3.26. The molecular formula is C18H14FNO3S. The molecule has 0 saturated heterocycles.